The van der Waals surface area contributed by atoms with E-state index in [9.17, 15) is 34.2 Å². The Balaban J connectivity index is 0.857. The fourth-order valence-corrected chi connectivity index (χ4v) is 9.57. The number of hydrogen-bond acceptors (Lipinski definition) is 15. The first-order valence-corrected chi connectivity index (χ1v) is 25.1. The summed E-state index contributed by atoms with van der Waals surface area (Å²) in [5.41, 5.74) is 4.40. The molecule has 0 spiro atoms. The summed E-state index contributed by atoms with van der Waals surface area (Å²) in [4.78, 5) is 69.9. The average molecular weight is 1030 g/mol. The lowest BCUT2D eigenvalue weighted by atomic mass is 9.65. The number of unbranched alkanes of at least 4 members (excludes halogenated alkanes) is 1. The maximum Gasteiger partial charge on any atom is 0.410 e. The minimum atomic E-state index is -0.765. The van der Waals surface area contributed by atoms with Crippen molar-refractivity contribution in [2.45, 2.75) is 57.5 Å². The number of nitrogens with zero attached hydrogens (tertiary/aromatic N) is 2. The van der Waals surface area contributed by atoms with Crippen molar-refractivity contribution in [3.63, 3.8) is 0 Å². The molecule has 4 atom stereocenters. The van der Waals surface area contributed by atoms with Crippen LogP contribution < -0.4 is 30.2 Å². The minimum absolute atomic E-state index is 0.00418. The molecule has 396 valence electrons. The number of aromatic hydroxyl groups is 2. The molecule has 19 nitrogen and oxygen atoms in total. The van der Waals surface area contributed by atoms with Gasteiger partial charge in [0.1, 0.15) is 19.8 Å². The number of benzene rings is 5. The third-order valence-corrected chi connectivity index (χ3v) is 13.3. The fraction of sp³-hybridized carbons (Fsp3) is 0.375. The van der Waals surface area contributed by atoms with Gasteiger partial charge in [0.05, 0.1) is 32.2 Å². The molecule has 2 aliphatic heterocycles. The first-order valence-electron chi connectivity index (χ1n) is 25.1. The van der Waals surface area contributed by atoms with Crippen LogP contribution in [0.15, 0.2) is 115 Å². The number of rotatable bonds is 24. The molecule has 2 heterocycles. The van der Waals surface area contributed by atoms with Crippen LogP contribution in [0.4, 0.5) is 14.4 Å². The monoisotopic (exact) mass is 1030 g/mol. The largest absolute Gasteiger partial charge is 0.504 e. The van der Waals surface area contributed by atoms with Crippen LogP contribution in [0.2, 0.25) is 0 Å². The van der Waals surface area contributed by atoms with E-state index in [1.807, 2.05) is 91.0 Å². The quantitative estimate of drug-likeness (QED) is 0.0177. The summed E-state index contributed by atoms with van der Waals surface area (Å²) in [6.07, 6.45) is 0.430. The molecular weight excluding hydrogens is 967 g/mol. The Labute approximate surface area is 434 Å². The molecule has 5 N–H and O–H groups in total. The molecular formula is C56H63N5O14. The van der Waals surface area contributed by atoms with E-state index < -0.39 is 59.5 Å². The summed E-state index contributed by atoms with van der Waals surface area (Å²) in [6, 6.07) is 34.0. The zero-order valence-corrected chi connectivity index (χ0v) is 41.8. The van der Waals surface area contributed by atoms with E-state index in [4.69, 9.17) is 33.2 Å². The third-order valence-electron chi connectivity index (χ3n) is 13.3. The molecule has 0 bridgehead atoms. The molecule has 0 aromatic heterocycles. The number of carbonyl (C=O) groups is 5. The highest BCUT2D eigenvalue weighted by Crippen LogP contribution is 2.55. The van der Waals surface area contributed by atoms with Crippen LogP contribution in [0.3, 0.4) is 0 Å². The first kappa shape index (κ1) is 53.1. The Bertz CT molecular complexity index is 2730. The number of hydrogen-bond donors (Lipinski definition) is 5. The van der Waals surface area contributed by atoms with Gasteiger partial charge in [-0.25, -0.2) is 14.4 Å². The van der Waals surface area contributed by atoms with Crippen molar-refractivity contribution in [3.05, 3.63) is 149 Å². The Morgan fingerprint density at radius 2 is 1.19 bits per heavy atom. The van der Waals surface area contributed by atoms with Gasteiger partial charge in [-0.05, 0) is 89.9 Å². The number of methoxy groups -OCH3 is 1. The van der Waals surface area contributed by atoms with Crippen LogP contribution in [0.25, 0.3) is 0 Å². The molecule has 0 saturated carbocycles. The van der Waals surface area contributed by atoms with Gasteiger partial charge in [-0.15, -0.1) is 0 Å². The van der Waals surface area contributed by atoms with Crippen molar-refractivity contribution in [2.24, 2.45) is 11.8 Å². The highest BCUT2D eigenvalue weighted by Gasteiger charge is 2.53. The van der Waals surface area contributed by atoms with Crippen molar-refractivity contribution in [2.75, 3.05) is 66.3 Å². The predicted octanol–water partition coefficient (Wildman–Crippen LogP) is 7.28. The predicted molar refractivity (Wildman–Crippen MR) is 272 cm³/mol. The lowest BCUT2D eigenvalue weighted by molar-refractivity contribution is -0.141. The number of phenols is 2. The maximum absolute atomic E-state index is 13.8. The van der Waals surface area contributed by atoms with E-state index in [0.717, 1.165) is 16.7 Å². The summed E-state index contributed by atoms with van der Waals surface area (Å²) >= 11 is 0. The highest BCUT2D eigenvalue weighted by molar-refractivity contribution is 5.82. The van der Waals surface area contributed by atoms with Crippen molar-refractivity contribution in [1.82, 2.24) is 25.8 Å². The zero-order valence-electron chi connectivity index (χ0n) is 41.8. The molecule has 1 saturated heterocycles. The summed E-state index contributed by atoms with van der Waals surface area (Å²) in [5, 5.41) is 30.2. The van der Waals surface area contributed by atoms with Gasteiger partial charge in [-0.2, -0.15) is 0 Å². The summed E-state index contributed by atoms with van der Waals surface area (Å²) in [6.45, 7) is 2.20. The molecule has 75 heavy (non-hydrogen) atoms. The molecule has 0 radical (unpaired) electrons. The SMILES string of the molecule is COc1cc(C2c3cc4c(cc3C(NC(=O)CNCCCN(CCCCN(CCCNC(=O)OCc3ccccc3)C(=O)OCc3ccccc3)C(=O)OCc3ccccc3)C3COC(=O)C23)OCO4)cc(O)c1O. The van der Waals surface area contributed by atoms with Gasteiger partial charge in [-0.1, -0.05) is 91.0 Å². The molecule has 3 aliphatic rings. The van der Waals surface area contributed by atoms with E-state index in [0.29, 0.717) is 86.6 Å². The Kier molecular flexibility index (Phi) is 18.5. The molecule has 1 aliphatic carbocycles. The van der Waals surface area contributed by atoms with Gasteiger partial charge >= 0.3 is 24.2 Å². The van der Waals surface area contributed by atoms with Gasteiger partial charge in [0.15, 0.2) is 23.0 Å². The number of amides is 4. The summed E-state index contributed by atoms with van der Waals surface area (Å²) in [7, 11) is 1.36. The van der Waals surface area contributed by atoms with Crippen LogP contribution in [-0.2, 0) is 48.4 Å². The number of esters is 1. The molecule has 19 heteroatoms. The maximum atomic E-state index is 13.8. The van der Waals surface area contributed by atoms with Crippen LogP contribution >= 0.6 is 0 Å². The summed E-state index contributed by atoms with van der Waals surface area (Å²) < 4.78 is 39.2. The average Bonchev–Trinajstić information content (AvgIpc) is 4.06. The highest BCUT2D eigenvalue weighted by atomic mass is 16.7. The topological polar surface area (TPSA) is 233 Å². The molecule has 8 rings (SSSR count). The molecule has 5 aromatic carbocycles. The number of alkyl carbamates (subject to hydrolysis) is 1. The van der Waals surface area contributed by atoms with Gasteiger partial charge in [0.2, 0.25) is 18.4 Å². The minimum Gasteiger partial charge on any atom is -0.504 e. The molecule has 5 aromatic rings. The molecule has 4 amide bonds. The van der Waals surface area contributed by atoms with Gasteiger partial charge < -0.3 is 69.1 Å². The number of phenolic OH excluding ortho intramolecular Hbond substituents is 2. The van der Waals surface area contributed by atoms with E-state index in [1.165, 1.54) is 13.2 Å². The summed E-state index contributed by atoms with van der Waals surface area (Å²) in [5.74, 6) is -2.59. The van der Waals surface area contributed by atoms with Crippen LogP contribution in [0.5, 0.6) is 28.7 Å². The first-order chi connectivity index (χ1) is 36.6. The van der Waals surface area contributed by atoms with E-state index in [1.54, 1.807) is 28.0 Å². The smallest absolute Gasteiger partial charge is 0.410 e. The lowest BCUT2D eigenvalue weighted by Crippen LogP contribution is -2.45. The zero-order chi connectivity index (χ0) is 52.5. The Morgan fingerprint density at radius 3 is 1.76 bits per heavy atom. The van der Waals surface area contributed by atoms with Gasteiger partial charge in [0, 0.05) is 44.6 Å². The van der Waals surface area contributed by atoms with Crippen molar-refractivity contribution in [3.8, 4) is 28.7 Å². The Hall–Kier alpha value is -8.19. The number of fused-ring (bicyclic) bond motifs is 3. The second-order valence-corrected chi connectivity index (χ2v) is 18.4. The van der Waals surface area contributed by atoms with Crippen molar-refractivity contribution >= 4 is 30.2 Å². The lowest BCUT2D eigenvalue weighted by Gasteiger charge is -2.39. The van der Waals surface area contributed by atoms with E-state index in [2.05, 4.69) is 16.0 Å². The third kappa shape index (κ3) is 14.1. The van der Waals surface area contributed by atoms with Crippen molar-refractivity contribution in [1.29, 1.82) is 0 Å². The number of cyclic esters (lactones) is 1. The van der Waals surface area contributed by atoms with Crippen LogP contribution in [0, 0.1) is 11.8 Å². The second-order valence-electron chi connectivity index (χ2n) is 18.4. The van der Waals surface area contributed by atoms with Crippen LogP contribution in [-0.4, -0.2) is 116 Å². The normalized spacial score (nSPS) is 16.9. The van der Waals surface area contributed by atoms with Gasteiger partial charge in [-0.3, -0.25) is 9.59 Å². The molecule has 1 fully saturated rings. The number of carbonyl (C=O) groups excluding carboxylic acids is 5. The van der Waals surface area contributed by atoms with Gasteiger partial charge in [0.25, 0.3) is 0 Å². The second kappa shape index (κ2) is 26.2. The van der Waals surface area contributed by atoms with Crippen molar-refractivity contribution < 1.29 is 67.3 Å². The molecule has 4 unspecified atom stereocenters. The number of ether oxygens (including phenoxy) is 7. The number of nitrogens with one attached hydrogen (secondary N) is 3. The van der Waals surface area contributed by atoms with E-state index >= 15 is 0 Å². The standard InChI is InChI=1S/C56H63N5O14/c1-69-47-28-40(27-44(62)52(47)64)49-41-29-45-46(75-36-74-45)30-42(41)51(43-35-70-53(65)50(43)49)59-48(63)31-57-21-13-25-60(55(67)72-33-38-17-7-3-8-18-38)23-11-12-24-61(56(68)73-34-39-19-9-4-10-20-39)26-14-22-58-54(66)71-32-37-15-5-2-6-16-37/h2-10,15-20,27-30,43,49-51,57,62,64H,11-14,21-26,31-36H2,1H3,(H,58,66)(H,59,63). The fourth-order valence-electron chi connectivity index (χ4n) is 9.57. The van der Waals surface area contributed by atoms with E-state index in [-0.39, 0.29) is 58.0 Å². The Morgan fingerprint density at radius 1 is 0.653 bits per heavy atom. The van der Waals surface area contributed by atoms with Crippen LogP contribution in [0.1, 0.15) is 71.0 Å².